The Balaban J connectivity index is 1.97. The molecule has 0 aliphatic carbocycles. The van der Waals surface area contributed by atoms with Gasteiger partial charge in [0.1, 0.15) is 12.1 Å². The molecule has 94 valence electrons. The highest BCUT2D eigenvalue weighted by molar-refractivity contribution is 9.10. The van der Waals surface area contributed by atoms with Crippen molar-refractivity contribution >= 4 is 21.7 Å². The van der Waals surface area contributed by atoms with E-state index in [0.29, 0.717) is 0 Å². The number of hydrogen-bond donors (Lipinski definition) is 1. The summed E-state index contributed by atoms with van der Waals surface area (Å²) in [6.07, 6.45) is 3.72. The summed E-state index contributed by atoms with van der Waals surface area (Å²) in [5, 5.41) is 3.31. The first-order valence-corrected chi connectivity index (χ1v) is 6.86. The molecule has 1 aromatic carbocycles. The Morgan fingerprint density at radius 2 is 1.94 bits per heavy atom. The molecule has 0 unspecified atom stereocenters. The Bertz CT molecular complexity index is 497. The van der Waals surface area contributed by atoms with Gasteiger partial charge in [-0.1, -0.05) is 41.4 Å². The highest BCUT2D eigenvalue weighted by Crippen LogP contribution is 2.12. The maximum atomic E-state index is 4.24. The molecule has 0 saturated carbocycles. The molecule has 0 aliphatic rings. The minimum absolute atomic E-state index is 0.774. The van der Waals surface area contributed by atoms with Gasteiger partial charge in [-0.05, 0) is 24.1 Å². The molecule has 0 aliphatic heterocycles. The number of rotatable bonds is 5. The highest BCUT2D eigenvalue weighted by atomic mass is 79.9. The predicted molar refractivity (Wildman–Crippen MR) is 77.5 cm³/mol. The monoisotopic (exact) mass is 305 g/mol. The maximum Gasteiger partial charge on any atom is 0.129 e. The molecule has 0 spiro atoms. The first-order chi connectivity index (χ1) is 8.78. The Labute approximate surface area is 116 Å². The second-order valence-corrected chi connectivity index (χ2v) is 5.04. The molecule has 1 N–H and O–H groups in total. The van der Waals surface area contributed by atoms with E-state index in [1.807, 2.05) is 18.2 Å². The summed E-state index contributed by atoms with van der Waals surface area (Å²) in [6, 6.07) is 10.3. The van der Waals surface area contributed by atoms with E-state index in [4.69, 9.17) is 0 Å². The first-order valence-electron chi connectivity index (χ1n) is 6.07. The van der Waals surface area contributed by atoms with Crippen LogP contribution in [0.1, 0.15) is 24.6 Å². The molecule has 3 nitrogen and oxygen atoms in total. The summed E-state index contributed by atoms with van der Waals surface area (Å²) in [4.78, 5) is 8.46. The van der Waals surface area contributed by atoms with Crippen LogP contribution in [0.2, 0.25) is 0 Å². The van der Waals surface area contributed by atoms with E-state index in [2.05, 4.69) is 50.3 Å². The van der Waals surface area contributed by atoms with Gasteiger partial charge in [-0.25, -0.2) is 9.97 Å². The van der Waals surface area contributed by atoms with Gasteiger partial charge in [-0.2, -0.15) is 0 Å². The zero-order valence-electron chi connectivity index (χ0n) is 10.4. The lowest BCUT2D eigenvalue weighted by molar-refractivity contribution is 0.871. The fraction of sp³-hybridized carbons (Fsp3) is 0.286. The number of anilines is 1. The highest BCUT2D eigenvalue weighted by Gasteiger charge is 1.98. The van der Waals surface area contributed by atoms with Gasteiger partial charge in [-0.15, -0.1) is 0 Å². The number of benzene rings is 1. The molecule has 1 aromatic heterocycles. The van der Waals surface area contributed by atoms with Crippen molar-refractivity contribution in [2.75, 3.05) is 5.32 Å². The molecule has 0 bridgehead atoms. The summed E-state index contributed by atoms with van der Waals surface area (Å²) in [7, 11) is 0. The molecule has 0 fully saturated rings. The van der Waals surface area contributed by atoms with Crippen LogP contribution in [-0.2, 0) is 13.0 Å². The average molecular weight is 306 g/mol. The zero-order valence-corrected chi connectivity index (χ0v) is 11.9. The Morgan fingerprint density at radius 3 is 2.67 bits per heavy atom. The molecular formula is C14H16BrN3. The van der Waals surface area contributed by atoms with Crippen molar-refractivity contribution in [3.63, 3.8) is 0 Å². The van der Waals surface area contributed by atoms with Gasteiger partial charge in [0.25, 0.3) is 0 Å². The van der Waals surface area contributed by atoms with E-state index >= 15 is 0 Å². The van der Waals surface area contributed by atoms with Crippen LogP contribution < -0.4 is 5.32 Å². The number of halogens is 1. The van der Waals surface area contributed by atoms with E-state index in [-0.39, 0.29) is 0 Å². The van der Waals surface area contributed by atoms with Crippen molar-refractivity contribution in [3.05, 3.63) is 52.4 Å². The van der Waals surface area contributed by atoms with Crippen LogP contribution in [0.4, 0.5) is 5.82 Å². The molecule has 0 radical (unpaired) electrons. The van der Waals surface area contributed by atoms with Gasteiger partial charge in [0, 0.05) is 22.8 Å². The Kier molecular flexibility index (Phi) is 4.70. The number of nitrogens with one attached hydrogen (secondary N) is 1. The summed E-state index contributed by atoms with van der Waals surface area (Å²) in [5.41, 5.74) is 2.32. The average Bonchev–Trinajstić information content (AvgIpc) is 2.39. The van der Waals surface area contributed by atoms with Crippen molar-refractivity contribution in [2.45, 2.75) is 26.3 Å². The molecule has 18 heavy (non-hydrogen) atoms. The molecular weight excluding hydrogens is 290 g/mol. The maximum absolute atomic E-state index is 4.24. The van der Waals surface area contributed by atoms with Crippen molar-refractivity contribution < 1.29 is 0 Å². The molecule has 0 saturated heterocycles. The quantitative estimate of drug-likeness (QED) is 0.913. The minimum Gasteiger partial charge on any atom is -0.366 e. The van der Waals surface area contributed by atoms with Crippen LogP contribution in [-0.4, -0.2) is 9.97 Å². The predicted octanol–water partition coefficient (Wildman–Crippen LogP) is 3.80. The fourth-order valence-corrected chi connectivity index (χ4v) is 1.95. The van der Waals surface area contributed by atoms with Crippen LogP contribution >= 0.6 is 15.9 Å². The van der Waals surface area contributed by atoms with Crippen molar-refractivity contribution in [1.29, 1.82) is 0 Å². The third kappa shape index (κ3) is 3.81. The molecule has 1 heterocycles. The lowest BCUT2D eigenvalue weighted by Crippen LogP contribution is -2.02. The van der Waals surface area contributed by atoms with Gasteiger partial charge in [0.15, 0.2) is 0 Å². The second kappa shape index (κ2) is 6.50. The minimum atomic E-state index is 0.774. The third-order valence-corrected chi connectivity index (χ3v) is 3.15. The largest absolute Gasteiger partial charge is 0.366 e. The van der Waals surface area contributed by atoms with Gasteiger partial charge in [0.05, 0.1) is 0 Å². The normalized spacial score (nSPS) is 10.3. The van der Waals surface area contributed by atoms with Crippen LogP contribution in [0.3, 0.4) is 0 Å². The number of hydrogen-bond acceptors (Lipinski definition) is 3. The summed E-state index contributed by atoms with van der Waals surface area (Å²) < 4.78 is 1.10. The van der Waals surface area contributed by atoms with Gasteiger partial charge in [0.2, 0.25) is 0 Å². The van der Waals surface area contributed by atoms with Crippen molar-refractivity contribution in [2.24, 2.45) is 0 Å². The van der Waals surface area contributed by atoms with Crippen LogP contribution in [0.15, 0.2) is 41.1 Å². The van der Waals surface area contributed by atoms with Crippen molar-refractivity contribution in [1.82, 2.24) is 9.97 Å². The van der Waals surface area contributed by atoms with Gasteiger partial charge in [-0.3, -0.25) is 0 Å². The summed E-state index contributed by atoms with van der Waals surface area (Å²) >= 11 is 3.43. The lowest BCUT2D eigenvalue weighted by atomic mass is 10.2. The summed E-state index contributed by atoms with van der Waals surface area (Å²) in [6.45, 7) is 2.92. The van der Waals surface area contributed by atoms with Crippen LogP contribution in [0, 0.1) is 0 Å². The molecule has 2 rings (SSSR count). The van der Waals surface area contributed by atoms with Gasteiger partial charge >= 0.3 is 0 Å². The van der Waals surface area contributed by atoms with E-state index < -0.39 is 0 Å². The zero-order chi connectivity index (χ0) is 12.8. The smallest absolute Gasteiger partial charge is 0.129 e. The van der Waals surface area contributed by atoms with Crippen molar-refractivity contribution in [3.8, 4) is 0 Å². The lowest BCUT2D eigenvalue weighted by Gasteiger charge is -2.06. The van der Waals surface area contributed by atoms with E-state index in [1.165, 1.54) is 5.56 Å². The fourth-order valence-electron chi connectivity index (χ4n) is 1.68. The third-order valence-electron chi connectivity index (χ3n) is 2.62. The molecule has 0 atom stereocenters. The van der Waals surface area contributed by atoms with E-state index in [0.717, 1.165) is 35.4 Å². The number of nitrogens with zero attached hydrogens (tertiary/aromatic N) is 2. The Morgan fingerprint density at radius 1 is 1.17 bits per heavy atom. The van der Waals surface area contributed by atoms with E-state index in [1.54, 1.807) is 6.33 Å². The first kappa shape index (κ1) is 13.0. The standard InChI is InChI=1S/C14H16BrN3/c1-2-3-13-8-14(18-10-17-13)16-9-11-4-6-12(15)7-5-11/h4-8,10H,2-3,9H2,1H3,(H,16,17,18). The van der Waals surface area contributed by atoms with Crippen LogP contribution in [0.5, 0.6) is 0 Å². The number of aromatic nitrogens is 2. The Hall–Kier alpha value is -1.42. The number of aryl methyl sites for hydroxylation is 1. The topological polar surface area (TPSA) is 37.8 Å². The molecule has 0 amide bonds. The van der Waals surface area contributed by atoms with Crippen LogP contribution in [0.25, 0.3) is 0 Å². The van der Waals surface area contributed by atoms with E-state index in [9.17, 15) is 0 Å². The summed E-state index contributed by atoms with van der Waals surface area (Å²) in [5.74, 6) is 0.886. The second-order valence-electron chi connectivity index (χ2n) is 4.12. The van der Waals surface area contributed by atoms with Gasteiger partial charge < -0.3 is 5.32 Å². The molecule has 4 heteroatoms. The molecule has 2 aromatic rings. The SMILES string of the molecule is CCCc1cc(NCc2ccc(Br)cc2)ncn1.